The Morgan fingerprint density at radius 1 is 1.11 bits per heavy atom. The Morgan fingerprint density at radius 2 is 1.87 bits per heavy atom. The van der Waals surface area contributed by atoms with Crippen molar-refractivity contribution in [1.82, 2.24) is 15.0 Å². The largest absolute Gasteiger partial charge is 0.390 e. The Balaban J connectivity index is 1.71. The number of aliphatic hydroxyl groups excluding tert-OH is 1. The van der Waals surface area contributed by atoms with Gasteiger partial charge in [0, 0.05) is 33.4 Å². The van der Waals surface area contributed by atoms with Gasteiger partial charge < -0.3 is 9.90 Å². The van der Waals surface area contributed by atoms with Crippen LogP contribution >= 0.6 is 0 Å². The van der Waals surface area contributed by atoms with E-state index in [1.807, 2.05) is 38.1 Å². The molecule has 3 atom stereocenters. The standard InChI is InChI=1S/C31H25FN4O2/c1-17-23-13-12-21-27(20-9-4-6-10-24(20)32)35-30(36-29(21)31(23,2)15-26(33-3)28(17)38)22-14-18(16-37)34-25-11-7-5-8-19(22)25/h4-11,14-15,17,23,37H,12-13,16H2,1-2H3/t17-,23-,31-/m1/s1. The smallest absolute Gasteiger partial charge is 0.226 e. The molecule has 0 saturated heterocycles. The average Bonchev–Trinajstić information content (AvgIpc) is 2.94. The summed E-state index contributed by atoms with van der Waals surface area (Å²) in [6.07, 6.45) is 3.06. The number of pyridine rings is 1. The van der Waals surface area contributed by atoms with Gasteiger partial charge in [-0.05, 0) is 43.0 Å². The summed E-state index contributed by atoms with van der Waals surface area (Å²) >= 11 is 0. The molecule has 0 amide bonds. The Bertz CT molecular complexity index is 1710. The third-order valence-corrected chi connectivity index (χ3v) is 8.12. The van der Waals surface area contributed by atoms with Crippen LogP contribution in [0, 0.1) is 24.2 Å². The lowest BCUT2D eigenvalue weighted by atomic mass is 9.58. The molecule has 2 aliphatic carbocycles. The number of rotatable bonds is 3. The Morgan fingerprint density at radius 3 is 2.63 bits per heavy atom. The van der Waals surface area contributed by atoms with E-state index in [1.165, 1.54) is 6.07 Å². The van der Waals surface area contributed by atoms with Crippen LogP contribution in [0.2, 0.25) is 0 Å². The van der Waals surface area contributed by atoms with Crippen LogP contribution in [0.4, 0.5) is 4.39 Å². The highest BCUT2D eigenvalue weighted by Crippen LogP contribution is 2.51. The highest BCUT2D eigenvalue weighted by Gasteiger charge is 2.49. The van der Waals surface area contributed by atoms with E-state index in [4.69, 9.17) is 16.5 Å². The van der Waals surface area contributed by atoms with Crippen molar-refractivity contribution in [2.24, 2.45) is 11.8 Å². The van der Waals surface area contributed by atoms with E-state index >= 15 is 4.39 Å². The molecule has 0 radical (unpaired) electrons. The van der Waals surface area contributed by atoms with E-state index < -0.39 is 5.41 Å². The molecule has 0 unspecified atom stereocenters. The first kappa shape index (κ1) is 24.1. The minimum atomic E-state index is -0.707. The number of carbonyl (C=O) groups excluding carboxylic acids is 1. The molecule has 6 nitrogen and oxygen atoms in total. The molecule has 0 bridgehead atoms. The highest BCUT2D eigenvalue weighted by atomic mass is 19.1. The normalized spacial score (nSPS) is 22.4. The summed E-state index contributed by atoms with van der Waals surface area (Å²) in [5.74, 6) is -0.514. The fourth-order valence-electron chi connectivity index (χ4n) is 6.24. The van der Waals surface area contributed by atoms with Crippen LogP contribution in [0.15, 0.2) is 66.4 Å². The summed E-state index contributed by atoms with van der Waals surface area (Å²) in [6.45, 7) is 11.3. The number of nitrogens with zero attached hydrogens (tertiary/aromatic N) is 4. The molecule has 0 aliphatic heterocycles. The molecule has 38 heavy (non-hydrogen) atoms. The molecular weight excluding hydrogens is 479 g/mol. The lowest BCUT2D eigenvalue weighted by Gasteiger charge is -2.46. The van der Waals surface area contributed by atoms with Crippen molar-refractivity contribution < 1.29 is 14.3 Å². The summed E-state index contributed by atoms with van der Waals surface area (Å²) in [5.41, 5.74) is 3.70. The van der Waals surface area contributed by atoms with E-state index in [0.717, 1.165) is 10.9 Å². The Labute approximate surface area is 219 Å². The molecule has 0 fully saturated rings. The summed E-state index contributed by atoms with van der Waals surface area (Å²) in [7, 11) is 0. The van der Waals surface area contributed by atoms with E-state index in [0.29, 0.717) is 52.4 Å². The molecule has 4 aromatic rings. The van der Waals surface area contributed by atoms with E-state index in [9.17, 15) is 9.90 Å². The van der Waals surface area contributed by atoms with Gasteiger partial charge in [-0.2, -0.15) is 0 Å². The third-order valence-electron chi connectivity index (χ3n) is 8.12. The molecule has 2 aromatic carbocycles. The number of Topliss-reactive ketones (excluding diaryl/α,β-unsaturated/α-hetero) is 1. The minimum absolute atomic E-state index is 0.0496. The highest BCUT2D eigenvalue weighted by molar-refractivity contribution is 6.00. The first-order valence-electron chi connectivity index (χ1n) is 12.7. The van der Waals surface area contributed by atoms with Crippen LogP contribution in [-0.2, 0) is 23.2 Å². The Hall–Kier alpha value is -4.28. The topological polar surface area (TPSA) is 80.3 Å². The number of aromatic nitrogens is 3. The number of benzene rings is 2. The van der Waals surface area contributed by atoms with Crippen molar-refractivity contribution in [2.45, 2.75) is 38.7 Å². The van der Waals surface area contributed by atoms with Gasteiger partial charge in [-0.1, -0.05) is 50.3 Å². The van der Waals surface area contributed by atoms with Crippen LogP contribution in [0.5, 0.6) is 0 Å². The maximum Gasteiger partial charge on any atom is 0.226 e. The molecule has 2 aliphatic rings. The van der Waals surface area contributed by atoms with Gasteiger partial charge >= 0.3 is 0 Å². The number of allylic oxidation sites excluding steroid dienone is 2. The zero-order valence-corrected chi connectivity index (χ0v) is 21.1. The van der Waals surface area contributed by atoms with Gasteiger partial charge in [0.05, 0.1) is 35.8 Å². The number of ketones is 1. The van der Waals surface area contributed by atoms with Crippen LogP contribution in [-0.4, -0.2) is 25.8 Å². The number of hydrogen-bond acceptors (Lipinski definition) is 5. The van der Waals surface area contributed by atoms with E-state index in [2.05, 4.69) is 9.83 Å². The molecule has 0 saturated carbocycles. The van der Waals surface area contributed by atoms with Crippen molar-refractivity contribution in [1.29, 1.82) is 0 Å². The monoisotopic (exact) mass is 504 g/mol. The fraction of sp³-hybridized carbons (Fsp3) is 0.258. The number of carbonyl (C=O) groups is 1. The number of para-hydroxylation sites is 1. The summed E-state index contributed by atoms with van der Waals surface area (Å²) in [5, 5.41) is 10.7. The quantitative estimate of drug-likeness (QED) is 0.355. The predicted molar refractivity (Wildman–Crippen MR) is 142 cm³/mol. The van der Waals surface area contributed by atoms with Crippen LogP contribution in [0.3, 0.4) is 0 Å². The van der Waals surface area contributed by atoms with E-state index in [-0.39, 0.29) is 35.7 Å². The van der Waals surface area contributed by atoms with Gasteiger partial charge in [0.1, 0.15) is 5.82 Å². The van der Waals surface area contributed by atoms with Crippen LogP contribution in [0.25, 0.3) is 38.4 Å². The first-order chi connectivity index (χ1) is 18.4. The van der Waals surface area contributed by atoms with Gasteiger partial charge in [-0.25, -0.2) is 19.2 Å². The van der Waals surface area contributed by atoms with Crippen molar-refractivity contribution in [3.05, 3.63) is 101 Å². The van der Waals surface area contributed by atoms with Crippen molar-refractivity contribution in [2.75, 3.05) is 0 Å². The van der Waals surface area contributed by atoms with Gasteiger partial charge in [0.25, 0.3) is 0 Å². The van der Waals surface area contributed by atoms with Crippen molar-refractivity contribution in [3.8, 4) is 22.6 Å². The Kier molecular flexibility index (Phi) is 5.66. The second-order valence-electron chi connectivity index (χ2n) is 10.3. The van der Waals surface area contributed by atoms with Gasteiger partial charge in [0.2, 0.25) is 5.70 Å². The maximum atomic E-state index is 15.2. The second kappa shape index (κ2) is 8.93. The SMILES string of the molecule is [C-]#[N+]C1=C[C@@]2(C)c3nc(-c4cc(CO)nc5ccccc45)nc(-c4ccccc4F)c3CC[C@@H]2[C@@H](C)C1=O. The molecule has 2 aromatic heterocycles. The predicted octanol–water partition coefficient (Wildman–Crippen LogP) is 5.83. The molecule has 6 rings (SSSR count). The van der Waals surface area contributed by atoms with E-state index in [1.54, 1.807) is 30.3 Å². The number of hydrogen-bond donors (Lipinski definition) is 1. The molecular formula is C31H25FN4O2. The number of fused-ring (bicyclic) bond motifs is 4. The fourth-order valence-corrected chi connectivity index (χ4v) is 6.24. The third kappa shape index (κ3) is 3.56. The number of halogens is 1. The maximum absolute atomic E-state index is 15.2. The molecule has 1 N–H and O–H groups in total. The summed E-state index contributed by atoms with van der Waals surface area (Å²) in [4.78, 5) is 31.0. The first-order valence-corrected chi connectivity index (χ1v) is 12.7. The minimum Gasteiger partial charge on any atom is -0.390 e. The second-order valence-corrected chi connectivity index (χ2v) is 10.3. The molecule has 7 heteroatoms. The van der Waals surface area contributed by atoms with Crippen molar-refractivity contribution in [3.63, 3.8) is 0 Å². The summed E-state index contributed by atoms with van der Waals surface area (Å²) < 4.78 is 15.2. The van der Waals surface area contributed by atoms with Gasteiger partial charge in [0.15, 0.2) is 11.6 Å². The lowest BCUT2D eigenvalue weighted by molar-refractivity contribution is -0.121. The molecule has 188 valence electrons. The number of aliphatic hydroxyl groups is 1. The zero-order chi connectivity index (χ0) is 26.6. The van der Waals surface area contributed by atoms with Crippen LogP contribution in [0.1, 0.15) is 37.2 Å². The lowest BCUT2D eigenvalue weighted by Crippen LogP contribution is -2.46. The zero-order valence-electron chi connectivity index (χ0n) is 21.1. The average molecular weight is 505 g/mol. The molecule has 2 heterocycles. The molecule has 0 spiro atoms. The van der Waals surface area contributed by atoms with Crippen LogP contribution < -0.4 is 0 Å². The van der Waals surface area contributed by atoms with Crippen molar-refractivity contribution >= 4 is 16.7 Å². The van der Waals surface area contributed by atoms with Gasteiger partial charge in [-0.15, -0.1) is 0 Å². The van der Waals surface area contributed by atoms with Gasteiger partial charge in [-0.3, -0.25) is 4.98 Å². The summed E-state index contributed by atoms with van der Waals surface area (Å²) in [6, 6.07) is 15.9.